The number of aromatic nitrogens is 1. The van der Waals surface area contributed by atoms with Gasteiger partial charge in [0.1, 0.15) is 12.4 Å². The second-order valence-electron chi connectivity index (χ2n) is 9.43. The molecule has 6 nitrogen and oxygen atoms in total. The summed E-state index contributed by atoms with van der Waals surface area (Å²) in [4.78, 5) is 32.2. The van der Waals surface area contributed by atoms with Crippen molar-refractivity contribution in [2.45, 2.75) is 33.4 Å². The summed E-state index contributed by atoms with van der Waals surface area (Å²) < 4.78 is 13.4. The molecule has 1 atom stereocenters. The molecule has 1 aromatic heterocycles. The Bertz CT molecular complexity index is 1860. The highest BCUT2D eigenvalue weighted by molar-refractivity contribution is 7.07. The van der Waals surface area contributed by atoms with Crippen LogP contribution in [0.2, 0.25) is 15.1 Å². The quantitative estimate of drug-likeness (QED) is 0.215. The summed E-state index contributed by atoms with van der Waals surface area (Å²) in [5.41, 5.74) is 3.86. The monoisotopic (exact) mass is 626 g/mol. The molecule has 0 saturated heterocycles. The lowest BCUT2D eigenvalue weighted by molar-refractivity contribution is -0.139. The minimum Gasteiger partial charge on any atom is -0.488 e. The van der Waals surface area contributed by atoms with E-state index in [1.54, 1.807) is 54.8 Å². The highest BCUT2D eigenvalue weighted by atomic mass is 35.5. The Balaban J connectivity index is 1.60. The van der Waals surface area contributed by atoms with E-state index in [-0.39, 0.29) is 18.8 Å². The van der Waals surface area contributed by atoms with Gasteiger partial charge in [0, 0.05) is 10.6 Å². The maximum atomic E-state index is 14.0. The van der Waals surface area contributed by atoms with E-state index in [1.165, 1.54) is 11.3 Å². The molecule has 3 aromatic carbocycles. The van der Waals surface area contributed by atoms with Crippen LogP contribution in [0.25, 0.3) is 6.08 Å². The number of hydrogen-bond acceptors (Lipinski definition) is 6. The molecule has 0 unspecified atom stereocenters. The number of carbonyl (C=O) groups is 1. The van der Waals surface area contributed by atoms with E-state index in [1.807, 2.05) is 37.3 Å². The first-order valence-electron chi connectivity index (χ1n) is 12.8. The van der Waals surface area contributed by atoms with Gasteiger partial charge in [0.05, 0.1) is 38.5 Å². The maximum Gasteiger partial charge on any atom is 0.338 e. The molecule has 0 saturated carbocycles. The maximum absolute atomic E-state index is 14.0. The van der Waals surface area contributed by atoms with E-state index in [4.69, 9.17) is 44.3 Å². The average Bonchev–Trinajstić information content (AvgIpc) is 3.24. The summed E-state index contributed by atoms with van der Waals surface area (Å²) in [5, 5.41) is 1.39. The number of thiazole rings is 1. The summed E-state index contributed by atoms with van der Waals surface area (Å²) in [6, 6.07) is 17.5. The van der Waals surface area contributed by atoms with Crippen molar-refractivity contribution >= 4 is 58.2 Å². The summed E-state index contributed by atoms with van der Waals surface area (Å²) in [5.74, 6) is 0.0335. The Labute approximate surface area is 255 Å². The number of ether oxygens (including phenoxy) is 2. The van der Waals surface area contributed by atoms with Crippen molar-refractivity contribution in [3.63, 3.8) is 0 Å². The summed E-state index contributed by atoms with van der Waals surface area (Å²) in [6.45, 7) is 5.93. The second-order valence-corrected chi connectivity index (χ2v) is 11.7. The number of rotatable bonds is 7. The number of aryl methyl sites for hydroxylation is 1. The van der Waals surface area contributed by atoms with Crippen LogP contribution in [0.4, 0.5) is 0 Å². The Morgan fingerprint density at radius 2 is 1.78 bits per heavy atom. The molecule has 10 heteroatoms. The number of allylic oxidation sites excluding steroid dienone is 1. The van der Waals surface area contributed by atoms with Gasteiger partial charge < -0.3 is 9.47 Å². The van der Waals surface area contributed by atoms with Crippen molar-refractivity contribution in [2.75, 3.05) is 6.61 Å². The Morgan fingerprint density at radius 1 is 1.02 bits per heavy atom. The van der Waals surface area contributed by atoms with Crippen LogP contribution in [-0.4, -0.2) is 17.1 Å². The number of fused-ring (bicyclic) bond motifs is 1. The molecule has 2 heterocycles. The third-order valence-electron chi connectivity index (χ3n) is 6.55. The number of halogens is 3. The molecular weight excluding hydrogens is 603 g/mol. The third kappa shape index (κ3) is 6.14. The largest absolute Gasteiger partial charge is 0.488 e. The van der Waals surface area contributed by atoms with Gasteiger partial charge in [-0.3, -0.25) is 9.36 Å². The topological polar surface area (TPSA) is 69.9 Å². The number of nitrogens with zero attached hydrogens (tertiary/aromatic N) is 2. The van der Waals surface area contributed by atoms with Gasteiger partial charge >= 0.3 is 5.97 Å². The molecule has 0 amide bonds. The molecule has 0 radical (unpaired) electrons. The van der Waals surface area contributed by atoms with Crippen molar-refractivity contribution < 1.29 is 14.3 Å². The first-order valence-corrected chi connectivity index (χ1v) is 14.7. The Kier molecular flexibility index (Phi) is 8.71. The Morgan fingerprint density at radius 3 is 2.49 bits per heavy atom. The van der Waals surface area contributed by atoms with Crippen LogP contribution in [-0.2, 0) is 16.1 Å². The zero-order valence-electron chi connectivity index (χ0n) is 22.4. The van der Waals surface area contributed by atoms with Crippen LogP contribution < -0.4 is 19.6 Å². The van der Waals surface area contributed by atoms with Crippen molar-refractivity contribution in [3.8, 4) is 5.75 Å². The van der Waals surface area contributed by atoms with Crippen molar-refractivity contribution in [3.05, 3.63) is 129 Å². The lowest BCUT2D eigenvalue weighted by atomic mass is 9.95. The first kappa shape index (κ1) is 29.1. The summed E-state index contributed by atoms with van der Waals surface area (Å²) in [7, 11) is 0. The molecular formula is C31H25Cl3N2O4S. The molecule has 41 heavy (non-hydrogen) atoms. The van der Waals surface area contributed by atoms with E-state index in [0.29, 0.717) is 47.0 Å². The number of benzene rings is 3. The molecule has 4 aromatic rings. The van der Waals surface area contributed by atoms with Crippen molar-refractivity contribution in [2.24, 2.45) is 4.99 Å². The van der Waals surface area contributed by atoms with Crippen LogP contribution in [0.3, 0.4) is 0 Å². The molecule has 5 rings (SSSR count). The number of carbonyl (C=O) groups excluding carboxylic acids is 1. The molecule has 0 fully saturated rings. The SMILES string of the molecule is CCOC(=O)C1=C(C)N=c2s/c(=C\c3cc(Cl)ccc3OCc3ccc(Cl)c(Cl)c3)c(=O)n2[C@@H]1c1ccc(C)cc1. The van der Waals surface area contributed by atoms with Gasteiger partial charge in [-0.05, 0) is 68.3 Å². The normalized spacial score (nSPS) is 15.0. The van der Waals surface area contributed by atoms with Crippen LogP contribution >= 0.6 is 46.1 Å². The summed E-state index contributed by atoms with van der Waals surface area (Å²) in [6.07, 6.45) is 1.73. The van der Waals surface area contributed by atoms with Crippen molar-refractivity contribution in [1.82, 2.24) is 4.57 Å². The molecule has 1 aliphatic heterocycles. The van der Waals surface area contributed by atoms with Gasteiger partial charge in [0.25, 0.3) is 5.56 Å². The highest BCUT2D eigenvalue weighted by Crippen LogP contribution is 2.31. The predicted octanol–water partition coefficient (Wildman–Crippen LogP) is 6.65. The van der Waals surface area contributed by atoms with Crippen LogP contribution in [0, 0.1) is 6.92 Å². The van der Waals surface area contributed by atoms with Gasteiger partial charge in [-0.2, -0.15) is 0 Å². The van der Waals surface area contributed by atoms with Crippen LogP contribution in [0.15, 0.2) is 81.7 Å². The van der Waals surface area contributed by atoms with E-state index in [9.17, 15) is 9.59 Å². The average molecular weight is 628 g/mol. The van der Waals surface area contributed by atoms with Crippen LogP contribution in [0.5, 0.6) is 5.75 Å². The molecule has 1 aliphatic rings. The van der Waals surface area contributed by atoms with Crippen LogP contribution in [0.1, 0.15) is 42.1 Å². The first-order chi connectivity index (χ1) is 19.7. The van der Waals surface area contributed by atoms with Gasteiger partial charge in [-0.25, -0.2) is 9.79 Å². The van der Waals surface area contributed by atoms with E-state index in [0.717, 1.165) is 16.7 Å². The van der Waals surface area contributed by atoms with Crippen molar-refractivity contribution in [1.29, 1.82) is 0 Å². The lowest BCUT2D eigenvalue weighted by Crippen LogP contribution is -2.39. The predicted molar refractivity (Wildman–Crippen MR) is 164 cm³/mol. The fourth-order valence-corrected chi connectivity index (χ4v) is 6.09. The minimum absolute atomic E-state index is 0.209. The van der Waals surface area contributed by atoms with E-state index >= 15 is 0 Å². The molecule has 0 N–H and O–H groups in total. The lowest BCUT2D eigenvalue weighted by Gasteiger charge is -2.24. The second kappa shape index (κ2) is 12.2. The highest BCUT2D eigenvalue weighted by Gasteiger charge is 2.33. The van der Waals surface area contributed by atoms with Gasteiger partial charge in [0.2, 0.25) is 0 Å². The number of esters is 1. The molecule has 0 bridgehead atoms. The smallest absolute Gasteiger partial charge is 0.338 e. The molecule has 0 aliphatic carbocycles. The number of hydrogen-bond donors (Lipinski definition) is 0. The zero-order chi connectivity index (χ0) is 29.3. The minimum atomic E-state index is -0.683. The fourth-order valence-electron chi connectivity index (χ4n) is 4.55. The Hall–Kier alpha value is -3.36. The van der Waals surface area contributed by atoms with Gasteiger partial charge in [0.15, 0.2) is 4.80 Å². The van der Waals surface area contributed by atoms with E-state index in [2.05, 4.69) is 4.99 Å². The molecule has 0 spiro atoms. The fraction of sp³-hybridized carbons (Fsp3) is 0.194. The third-order valence-corrected chi connectivity index (χ3v) is 8.50. The van der Waals surface area contributed by atoms with Gasteiger partial charge in [-0.15, -0.1) is 0 Å². The van der Waals surface area contributed by atoms with Gasteiger partial charge in [-0.1, -0.05) is 82.0 Å². The zero-order valence-corrected chi connectivity index (χ0v) is 25.5. The summed E-state index contributed by atoms with van der Waals surface area (Å²) >= 11 is 19.8. The van der Waals surface area contributed by atoms with E-state index < -0.39 is 12.0 Å². The standard InChI is InChI=1S/C31H25Cl3N2O4S/c1-4-39-30(38)27-18(3)35-31-36(28(27)20-8-5-17(2)6-9-20)29(37)26(41-31)15-21-14-22(32)10-12-25(21)40-16-19-7-11-23(33)24(34)13-19/h5-15,28H,4,16H2,1-3H3/b26-15-/t28-/m1/s1. The molecule has 210 valence electrons.